The van der Waals surface area contributed by atoms with Crippen LogP contribution in [0.1, 0.15) is 72.1 Å². The molecule has 2 aliphatic rings. The van der Waals surface area contributed by atoms with Gasteiger partial charge in [0, 0.05) is 19.5 Å². The lowest BCUT2D eigenvalue weighted by Crippen LogP contribution is -2.48. The average molecular weight is 309 g/mol. The van der Waals surface area contributed by atoms with E-state index < -0.39 is 0 Å². The third-order valence-corrected chi connectivity index (χ3v) is 5.86. The summed E-state index contributed by atoms with van der Waals surface area (Å²) >= 11 is 0. The number of unbranched alkanes of at least 4 members (excludes halogenated alkanes) is 1. The Morgan fingerprint density at radius 3 is 2.18 bits per heavy atom. The maximum absolute atomic E-state index is 12.3. The number of nitrogens with zero attached hydrogens (tertiary/aromatic N) is 2. The minimum Gasteiger partial charge on any atom is -0.343 e. The van der Waals surface area contributed by atoms with Gasteiger partial charge in [-0.05, 0) is 69.5 Å². The van der Waals surface area contributed by atoms with Gasteiger partial charge in [-0.2, -0.15) is 0 Å². The van der Waals surface area contributed by atoms with Gasteiger partial charge in [0.15, 0.2) is 0 Å². The normalized spacial score (nSPS) is 22.5. The van der Waals surface area contributed by atoms with E-state index in [1.165, 1.54) is 58.2 Å². The van der Waals surface area contributed by atoms with Gasteiger partial charge in [0.2, 0.25) is 5.91 Å². The van der Waals surface area contributed by atoms with Crippen molar-refractivity contribution in [3.8, 4) is 0 Å². The second kappa shape index (κ2) is 8.33. The summed E-state index contributed by atoms with van der Waals surface area (Å²) in [4.78, 5) is 17.0. The molecular formula is C19H36N2O. The molecule has 2 fully saturated rings. The fourth-order valence-electron chi connectivity index (χ4n) is 3.93. The molecule has 0 aromatic carbocycles. The Hall–Kier alpha value is -0.570. The van der Waals surface area contributed by atoms with Crippen molar-refractivity contribution in [2.24, 2.45) is 11.3 Å². The lowest BCUT2D eigenvalue weighted by molar-refractivity contribution is -0.134. The Kier molecular flexibility index (Phi) is 6.73. The van der Waals surface area contributed by atoms with E-state index >= 15 is 0 Å². The smallest absolute Gasteiger partial charge is 0.222 e. The quantitative estimate of drug-likeness (QED) is 0.742. The van der Waals surface area contributed by atoms with Crippen LogP contribution in [-0.2, 0) is 4.79 Å². The number of hydrogen-bond acceptors (Lipinski definition) is 2. The van der Waals surface area contributed by atoms with Crippen LogP contribution in [-0.4, -0.2) is 48.4 Å². The van der Waals surface area contributed by atoms with Gasteiger partial charge in [-0.3, -0.25) is 4.79 Å². The lowest BCUT2D eigenvalue weighted by Gasteiger charge is -2.47. The maximum atomic E-state index is 12.3. The molecule has 2 aliphatic heterocycles. The Labute approximate surface area is 137 Å². The molecule has 22 heavy (non-hydrogen) atoms. The predicted molar refractivity (Wildman–Crippen MR) is 92.9 cm³/mol. The van der Waals surface area contributed by atoms with Crippen LogP contribution in [0, 0.1) is 11.3 Å². The summed E-state index contributed by atoms with van der Waals surface area (Å²) in [5, 5.41) is 0. The summed E-state index contributed by atoms with van der Waals surface area (Å²) in [5.74, 6) is 1.02. The zero-order valence-corrected chi connectivity index (χ0v) is 15.1. The maximum Gasteiger partial charge on any atom is 0.222 e. The van der Waals surface area contributed by atoms with Crippen molar-refractivity contribution in [2.45, 2.75) is 72.1 Å². The summed E-state index contributed by atoms with van der Waals surface area (Å²) in [5.41, 5.74) is 0.553. The molecule has 0 aromatic rings. The summed E-state index contributed by atoms with van der Waals surface area (Å²) in [6, 6.07) is 0. The van der Waals surface area contributed by atoms with Crippen molar-refractivity contribution in [3.05, 3.63) is 0 Å². The Morgan fingerprint density at radius 1 is 1.05 bits per heavy atom. The van der Waals surface area contributed by atoms with E-state index in [0.29, 0.717) is 17.2 Å². The van der Waals surface area contributed by atoms with Gasteiger partial charge < -0.3 is 9.80 Å². The second-order valence-electron chi connectivity index (χ2n) is 8.01. The summed E-state index contributed by atoms with van der Waals surface area (Å²) in [6.07, 6.45) is 9.60. The fraction of sp³-hybridized carbons (Fsp3) is 0.947. The molecule has 1 amide bonds. The van der Waals surface area contributed by atoms with Crippen LogP contribution >= 0.6 is 0 Å². The molecule has 2 saturated heterocycles. The van der Waals surface area contributed by atoms with Crippen molar-refractivity contribution in [2.75, 3.05) is 32.7 Å². The van der Waals surface area contributed by atoms with Crippen molar-refractivity contribution in [1.82, 2.24) is 9.80 Å². The van der Waals surface area contributed by atoms with E-state index in [9.17, 15) is 4.79 Å². The molecular weight excluding hydrogens is 272 g/mol. The SMILES string of the molecule is CCCCN1CCC2(CC1)CCN(C(=O)CCC(C)C)CC2. The van der Waals surface area contributed by atoms with Crippen LogP contribution in [0.3, 0.4) is 0 Å². The highest BCUT2D eigenvalue weighted by Gasteiger charge is 2.38. The molecule has 2 rings (SSSR count). The van der Waals surface area contributed by atoms with Crippen molar-refractivity contribution in [3.63, 3.8) is 0 Å². The molecule has 0 radical (unpaired) electrons. The first-order valence-corrected chi connectivity index (χ1v) is 9.55. The van der Waals surface area contributed by atoms with E-state index in [0.717, 1.165) is 25.9 Å². The number of likely N-dealkylation sites (tertiary alicyclic amines) is 2. The van der Waals surface area contributed by atoms with Gasteiger partial charge in [-0.1, -0.05) is 27.2 Å². The number of rotatable bonds is 6. The third kappa shape index (κ3) is 4.97. The highest BCUT2D eigenvalue weighted by Crippen LogP contribution is 2.41. The van der Waals surface area contributed by atoms with Crippen molar-refractivity contribution in [1.29, 1.82) is 0 Å². The van der Waals surface area contributed by atoms with Crippen LogP contribution < -0.4 is 0 Å². The van der Waals surface area contributed by atoms with E-state index in [4.69, 9.17) is 0 Å². The number of piperidine rings is 2. The molecule has 3 heteroatoms. The first-order chi connectivity index (χ1) is 10.5. The van der Waals surface area contributed by atoms with Crippen molar-refractivity contribution < 1.29 is 4.79 Å². The van der Waals surface area contributed by atoms with E-state index in [1.807, 2.05) is 0 Å². The van der Waals surface area contributed by atoms with Gasteiger partial charge in [0.1, 0.15) is 0 Å². The Morgan fingerprint density at radius 2 is 1.64 bits per heavy atom. The number of carbonyl (C=O) groups is 1. The minimum atomic E-state index is 0.393. The highest BCUT2D eigenvalue weighted by atomic mass is 16.2. The first kappa shape index (κ1) is 17.8. The monoisotopic (exact) mass is 308 g/mol. The van der Waals surface area contributed by atoms with Gasteiger partial charge in [-0.25, -0.2) is 0 Å². The number of hydrogen-bond donors (Lipinski definition) is 0. The Bertz CT molecular complexity index is 335. The zero-order valence-electron chi connectivity index (χ0n) is 15.1. The van der Waals surface area contributed by atoms with Gasteiger partial charge >= 0.3 is 0 Å². The molecule has 0 bridgehead atoms. The molecule has 0 aliphatic carbocycles. The molecule has 0 N–H and O–H groups in total. The molecule has 3 nitrogen and oxygen atoms in total. The largest absolute Gasteiger partial charge is 0.343 e. The average Bonchev–Trinajstić information content (AvgIpc) is 2.53. The summed E-state index contributed by atoms with van der Waals surface area (Å²) < 4.78 is 0. The second-order valence-corrected chi connectivity index (χ2v) is 8.01. The lowest BCUT2D eigenvalue weighted by atomic mass is 9.71. The van der Waals surface area contributed by atoms with Crippen LogP contribution in [0.25, 0.3) is 0 Å². The predicted octanol–water partition coefficient (Wildman–Crippen LogP) is 3.93. The molecule has 128 valence electrons. The van der Waals surface area contributed by atoms with E-state index in [1.54, 1.807) is 0 Å². The number of amides is 1. The molecule has 0 aromatic heterocycles. The van der Waals surface area contributed by atoms with Gasteiger partial charge in [0.05, 0.1) is 0 Å². The minimum absolute atomic E-state index is 0.393. The van der Waals surface area contributed by atoms with Crippen LogP contribution in [0.5, 0.6) is 0 Å². The number of carbonyl (C=O) groups excluding carboxylic acids is 1. The molecule has 0 unspecified atom stereocenters. The third-order valence-electron chi connectivity index (χ3n) is 5.86. The fourth-order valence-corrected chi connectivity index (χ4v) is 3.93. The standard InChI is InChI=1S/C19H36N2O/c1-4-5-12-20-13-8-19(9-14-20)10-15-21(16-11-19)18(22)7-6-17(2)3/h17H,4-16H2,1-3H3. The molecule has 0 atom stereocenters. The highest BCUT2D eigenvalue weighted by molar-refractivity contribution is 5.76. The van der Waals surface area contributed by atoms with Crippen LogP contribution in [0.15, 0.2) is 0 Å². The zero-order chi connectivity index (χ0) is 16.0. The molecule has 1 spiro atoms. The topological polar surface area (TPSA) is 23.6 Å². The molecule has 2 heterocycles. The van der Waals surface area contributed by atoms with Gasteiger partial charge in [0.25, 0.3) is 0 Å². The van der Waals surface area contributed by atoms with E-state index in [2.05, 4.69) is 30.6 Å². The first-order valence-electron chi connectivity index (χ1n) is 9.55. The van der Waals surface area contributed by atoms with Crippen LogP contribution in [0.4, 0.5) is 0 Å². The summed E-state index contributed by atoms with van der Waals surface area (Å²) in [6.45, 7) is 12.5. The van der Waals surface area contributed by atoms with Crippen LogP contribution in [0.2, 0.25) is 0 Å². The van der Waals surface area contributed by atoms with E-state index in [-0.39, 0.29) is 0 Å². The molecule has 0 saturated carbocycles. The van der Waals surface area contributed by atoms with Gasteiger partial charge in [-0.15, -0.1) is 0 Å². The van der Waals surface area contributed by atoms with Crippen molar-refractivity contribution >= 4 is 5.91 Å². The Balaban J connectivity index is 1.72. The summed E-state index contributed by atoms with van der Waals surface area (Å²) in [7, 11) is 0.